The molecule has 1 aromatic rings. The van der Waals surface area contributed by atoms with Crippen molar-refractivity contribution in [3.63, 3.8) is 0 Å². The van der Waals surface area contributed by atoms with Crippen LogP contribution in [0, 0.1) is 0 Å². The summed E-state index contributed by atoms with van der Waals surface area (Å²) in [4.78, 5) is 4.01. The van der Waals surface area contributed by atoms with Gasteiger partial charge in [-0.15, -0.1) is 22.9 Å². The van der Waals surface area contributed by atoms with E-state index < -0.39 is 0 Å². The van der Waals surface area contributed by atoms with Gasteiger partial charge in [-0.25, -0.2) is 0 Å². The lowest BCUT2D eigenvalue weighted by Crippen LogP contribution is -2.29. The molecule has 3 heteroatoms. The third-order valence-corrected chi connectivity index (χ3v) is 4.05. The molecule has 1 nitrogen and oxygen atoms in total. The number of thiophene rings is 1. The number of hydrogen-bond donors (Lipinski definition) is 0. The average Bonchev–Trinajstić information content (AvgIpc) is 2.59. The smallest absolute Gasteiger partial charge is 0.0485 e. The zero-order valence-electron chi connectivity index (χ0n) is 7.85. The van der Waals surface area contributed by atoms with Crippen molar-refractivity contribution in [3.8, 4) is 0 Å². The van der Waals surface area contributed by atoms with Crippen LogP contribution in [0.5, 0.6) is 0 Å². The number of hydrogen-bond acceptors (Lipinski definition) is 2. The SMILES string of the molecule is CCN1CCc2c(CCl)csc2C1. The van der Waals surface area contributed by atoms with Crippen LogP contribution in [0.1, 0.15) is 22.9 Å². The van der Waals surface area contributed by atoms with E-state index in [1.54, 1.807) is 0 Å². The first-order valence-corrected chi connectivity index (χ1v) is 6.13. The van der Waals surface area contributed by atoms with Gasteiger partial charge in [0, 0.05) is 23.8 Å². The van der Waals surface area contributed by atoms with Crippen LogP contribution in [0.2, 0.25) is 0 Å². The molecule has 0 aromatic carbocycles. The Kier molecular flexibility index (Phi) is 2.92. The molecular formula is C10H14ClNS. The first-order valence-electron chi connectivity index (χ1n) is 4.71. The minimum Gasteiger partial charge on any atom is -0.298 e. The van der Waals surface area contributed by atoms with E-state index in [0.29, 0.717) is 5.88 Å². The predicted molar refractivity (Wildman–Crippen MR) is 58.5 cm³/mol. The molecule has 0 bridgehead atoms. The molecular weight excluding hydrogens is 202 g/mol. The quantitative estimate of drug-likeness (QED) is 0.686. The van der Waals surface area contributed by atoms with E-state index in [9.17, 15) is 0 Å². The van der Waals surface area contributed by atoms with Gasteiger partial charge in [-0.05, 0) is 29.5 Å². The van der Waals surface area contributed by atoms with Gasteiger partial charge in [0.15, 0.2) is 0 Å². The Morgan fingerprint density at radius 2 is 2.46 bits per heavy atom. The topological polar surface area (TPSA) is 3.24 Å². The number of halogens is 1. The Labute approximate surface area is 88.3 Å². The molecule has 2 rings (SSSR count). The van der Waals surface area contributed by atoms with Gasteiger partial charge < -0.3 is 0 Å². The van der Waals surface area contributed by atoms with Crippen LogP contribution in [0.4, 0.5) is 0 Å². The van der Waals surface area contributed by atoms with Gasteiger partial charge in [-0.3, -0.25) is 4.90 Å². The Bertz CT molecular complexity index is 295. The number of fused-ring (bicyclic) bond motifs is 1. The summed E-state index contributed by atoms with van der Waals surface area (Å²) in [6, 6.07) is 0. The third-order valence-electron chi connectivity index (χ3n) is 2.70. The first kappa shape index (κ1) is 9.50. The van der Waals surface area contributed by atoms with Gasteiger partial charge >= 0.3 is 0 Å². The van der Waals surface area contributed by atoms with E-state index in [-0.39, 0.29) is 0 Å². The number of alkyl halides is 1. The number of likely N-dealkylation sites (N-methyl/N-ethyl adjacent to an activating group) is 1. The molecule has 0 amide bonds. The summed E-state index contributed by atoms with van der Waals surface area (Å²) in [6.45, 7) is 5.71. The minimum atomic E-state index is 0.679. The average molecular weight is 216 g/mol. The fourth-order valence-electron chi connectivity index (χ4n) is 1.83. The highest BCUT2D eigenvalue weighted by Crippen LogP contribution is 2.29. The number of nitrogens with zero attached hydrogens (tertiary/aromatic N) is 1. The molecule has 0 unspecified atom stereocenters. The molecule has 0 spiro atoms. The lowest BCUT2D eigenvalue weighted by molar-refractivity contribution is 0.271. The standard InChI is InChI=1S/C10H14ClNS/c1-2-12-4-3-9-8(5-11)7-13-10(9)6-12/h7H,2-6H2,1H3. The van der Waals surface area contributed by atoms with Gasteiger partial charge in [0.1, 0.15) is 0 Å². The van der Waals surface area contributed by atoms with E-state index in [2.05, 4.69) is 17.2 Å². The lowest BCUT2D eigenvalue weighted by atomic mass is 10.0. The van der Waals surface area contributed by atoms with Crippen molar-refractivity contribution in [2.45, 2.75) is 25.8 Å². The van der Waals surface area contributed by atoms with Gasteiger partial charge in [-0.2, -0.15) is 0 Å². The second kappa shape index (κ2) is 3.99. The van der Waals surface area contributed by atoms with Crippen molar-refractivity contribution >= 4 is 22.9 Å². The van der Waals surface area contributed by atoms with Crippen molar-refractivity contribution in [3.05, 3.63) is 21.4 Å². The molecule has 1 aliphatic rings. The van der Waals surface area contributed by atoms with Crippen molar-refractivity contribution in [1.29, 1.82) is 0 Å². The molecule has 72 valence electrons. The number of rotatable bonds is 2. The molecule has 0 atom stereocenters. The minimum absolute atomic E-state index is 0.679. The zero-order valence-corrected chi connectivity index (χ0v) is 9.42. The van der Waals surface area contributed by atoms with Gasteiger partial charge in [0.2, 0.25) is 0 Å². The van der Waals surface area contributed by atoms with Crippen LogP contribution in [0.25, 0.3) is 0 Å². The first-order chi connectivity index (χ1) is 6.35. The van der Waals surface area contributed by atoms with Crippen molar-refractivity contribution in [1.82, 2.24) is 4.90 Å². The molecule has 1 aromatic heterocycles. The largest absolute Gasteiger partial charge is 0.298 e. The second-order valence-corrected chi connectivity index (χ2v) is 4.65. The molecule has 0 fully saturated rings. The molecule has 13 heavy (non-hydrogen) atoms. The van der Waals surface area contributed by atoms with Crippen LogP contribution in [-0.4, -0.2) is 18.0 Å². The summed E-state index contributed by atoms with van der Waals surface area (Å²) < 4.78 is 0. The monoisotopic (exact) mass is 215 g/mol. The maximum absolute atomic E-state index is 5.87. The van der Waals surface area contributed by atoms with Crippen molar-refractivity contribution in [2.24, 2.45) is 0 Å². The Hall–Kier alpha value is -0.0500. The van der Waals surface area contributed by atoms with Crippen LogP contribution in [0.3, 0.4) is 0 Å². The third kappa shape index (κ3) is 1.76. The molecule has 1 aliphatic heterocycles. The summed E-state index contributed by atoms with van der Waals surface area (Å²) in [7, 11) is 0. The molecule has 0 saturated carbocycles. The van der Waals surface area contributed by atoms with E-state index >= 15 is 0 Å². The van der Waals surface area contributed by atoms with E-state index in [4.69, 9.17) is 11.6 Å². The van der Waals surface area contributed by atoms with Crippen LogP contribution >= 0.6 is 22.9 Å². The Balaban J connectivity index is 2.22. The summed E-state index contributed by atoms with van der Waals surface area (Å²) in [5, 5.41) is 2.22. The fraction of sp³-hybridized carbons (Fsp3) is 0.600. The predicted octanol–water partition coefficient (Wildman–Crippen LogP) is 2.86. The van der Waals surface area contributed by atoms with E-state index in [1.807, 2.05) is 11.3 Å². The van der Waals surface area contributed by atoms with Gasteiger partial charge in [0.25, 0.3) is 0 Å². The van der Waals surface area contributed by atoms with Crippen molar-refractivity contribution in [2.75, 3.05) is 13.1 Å². The normalized spacial score (nSPS) is 17.4. The fourth-order valence-corrected chi connectivity index (χ4v) is 3.30. The summed E-state index contributed by atoms with van der Waals surface area (Å²) >= 11 is 7.74. The highest BCUT2D eigenvalue weighted by molar-refractivity contribution is 7.10. The highest BCUT2D eigenvalue weighted by atomic mass is 35.5. The maximum atomic E-state index is 5.87. The highest BCUT2D eigenvalue weighted by Gasteiger charge is 2.18. The molecule has 0 saturated heterocycles. The molecule has 0 aliphatic carbocycles. The van der Waals surface area contributed by atoms with Gasteiger partial charge in [0.05, 0.1) is 0 Å². The second-order valence-electron chi connectivity index (χ2n) is 3.42. The Morgan fingerprint density at radius 1 is 1.62 bits per heavy atom. The zero-order chi connectivity index (χ0) is 9.26. The molecule has 2 heterocycles. The van der Waals surface area contributed by atoms with E-state index in [0.717, 1.165) is 13.1 Å². The summed E-state index contributed by atoms with van der Waals surface area (Å²) in [6.07, 6.45) is 1.19. The lowest BCUT2D eigenvalue weighted by Gasteiger charge is -2.25. The summed E-state index contributed by atoms with van der Waals surface area (Å²) in [5.74, 6) is 0.679. The van der Waals surface area contributed by atoms with Crippen molar-refractivity contribution < 1.29 is 0 Å². The van der Waals surface area contributed by atoms with Crippen LogP contribution in [0.15, 0.2) is 5.38 Å². The molecule has 0 radical (unpaired) electrons. The molecule has 0 N–H and O–H groups in total. The van der Waals surface area contributed by atoms with Gasteiger partial charge in [-0.1, -0.05) is 6.92 Å². The van der Waals surface area contributed by atoms with E-state index in [1.165, 1.54) is 29.0 Å². The van der Waals surface area contributed by atoms with Crippen LogP contribution in [-0.2, 0) is 18.8 Å². The maximum Gasteiger partial charge on any atom is 0.0485 e. The van der Waals surface area contributed by atoms with Crippen LogP contribution < -0.4 is 0 Å². The summed E-state index contributed by atoms with van der Waals surface area (Å²) in [5.41, 5.74) is 2.89. The Morgan fingerprint density at radius 3 is 3.15 bits per heavy atom.